The average Bonchev–Trinajstić information content (AvgIpc) is 2.66. The van der Waals surface area contributed by atoms with E-state index in [4.69, 9.17) is 33.3 Å². The van der Waals surface area contributed by atoms with Crippen LogP contribution in [0.2, 0.25) is 10.0 Å². The number of hydrogen-bond acceptors (Lipinski definition) is 6. The maximum atomic E-state index is 12.5. The smallest absolute Gasteiger partial charge is 0.422 e. The van der Waals surface area contributed by atoms with Crippen LogP contribution in [0.5, 0.6) is 5.88 Å². The number of nitrogens with one attached hydrogen (secondary N) is 3. The van der Waals surface area contributed by atoms with Gasteiger partial charge in [-0.1, -0.05) is 29.3 Å². The lowest BCUT2D eigenvalue weighted by atomic mass is 10.2. The number of carbonyl (C=O) groups excluding carboxylic acids is 1. The van der Waals surface area contributed by atoms with Crippen LogP contribution in [0.1, 0.15) is 24.2 Å². The van der Waals surface area contributed by atoms with Crippen LogP contribution in [0.3, 0.4) is 0 Å². The minimum absolute atomic E-state index is 0.0376. The third-order valence-electron chi connectivity index (χ3n) is 3.83. The van der Waals surface area contributed by atoms with Gasteiger partial charge in [0.1, 0.15) is 5.82 Å². The Morgan fingerprint density at radius 2 is 1.81 bits per heavy atom. The van der Waals surface area contributed by atoms with E-state index in [-0.39, 0.29) is 33.3 Å². The van der Waals surface area contributed by atoms with Gasteiger partial charge in [0.25, 0.3) is 5.91 Å². The average molecular weight is 479 g/mol. The van der Waals surface area contributed by atoms with E-state index in [9.17, 15) is 18.0 Å². The minimum atomic E-state index is -4.55. The Labute approximate surface area is 186 Å². The lowest BCUT2D eigenvalue weighted by Crippen LogP contribution is -2.36. The maximum absolute atomic E-state index is 12.5. The van der Waals surface area contributed by atoms with Crippen molar-refractivity contribution in [2.24, 2.45) is 0 Å². The summed E-state index contributed by atoms with van der Waals surface area (Å²) in [4.78, 5) is 22.1. The van der Waals surface area contributed by atoms with Crippen LogP contribution in [-0.2, 0) is 0 Å². The molecule has 8 nitrogen and oxygen atoms in total. The Morgan fingerprint density at radius 3 is 2.35 bits per heavy atom. The monoisotopic (exact) mass is 478 g/mol. The Bertz CT molecular complexity index is 934. The Morgan fingerprint density at radius 1 is 1.19 bits per heavy atom. The number of nitrogens with zero attached hydrogens (tertiary/aromatic N) is 3. The summed E-state index contributed by atoms with van der Waals surface area (Å²) in [6.45, 7) is 3.17. The van der Waals surface area contributed by atoms with Gasteiger partial charge in [0.05, 0.1) is 15.6 Å². The fraction of sp³-hybridized carbons (Fsp3) is 0.333. The summed E-state index contributed by atoms with van der Waals surface area (Å²) >= 11 is 11.9. The predicted octanol–water partition coefficient (Wildman–Crippen LogP) is 4.35. The zero-order valence-electron chi connectivity index (χ0n) is 16.5. The highest BCUT2D eigenvalue weighted by molar-refractivity contribution is 6.40. The van der Waals surface area contributed by atoms with Crippen molar-refractivity contribution in [2.75, 3.05) is 29.9 Å². The molecule has 1 amide bonds. The van der Waals surface area contributed by atoms with E-state index >= 15 is 0 Å². The van der Waals surface area contributed by atoms with Crippen molar-refractivity contribution in [1.29, 1.82) is 5.41 Å². The number of anilines is 2. The van der Waals surface area contributed by atoms with Crippen molar-refractivity contribution in [3.8, 4) is 5.88 Å². The number of benzene rings is 1. The van der Waals surface area contributed by atoms with Crippen molar-refractivity contribution in [3.05, 3.63) is 39.9 Å². The lowest BCUT2D eigenvalue weighted by Gasteiger charge is -2.21. The first-order valence-electron chi connectivity index (χ1n) is 8.98. The molecule has 0 aliphatic carbocycles. The summed E-state index contributed by atoms with van der Waals surface area (Å²) in [5, 5.41) is 12.8. The molecule has 0 saturated heterocycles. The molecule has 2 aromatic rings. The molecule has 0 aliphatic rings. The molecular formula is C18H19Cl2F3N6O2. The van der Waals surface area contributed by atoms with Crippen LogP contribution in [0.4, 0.5) is 24.9 Å². The number of aromatic nitrogens is 2. The van der Waals surface area contributed by atoms with Crippen molar-refractivity contribution in [3.63, 3.8) is 0 Å². The quantitative estimate of drug-likeness (QED) is 0.403. The first kappa shape index (κ1) is 24.5. The Hall–Kier alpha value is -2.79. The Kier molecular flexibility index (Phi) is 8.28. The van der Waals surface area contributed by atoms with E-state index in [2.05, 4.69) is 20.6 Å². The fourth-order valence-electron chi connectivity index (χ4n) is 2.44. The van der Waals surface area contributed by atoms with Crippen LogP contribution in [0, 0.1) is 5.41 Å². The summed E-state index contributed by atoms with van der Waals surface area (Å²) in [5.41, 5.74) is -0.0376. The molecule has 0 unspecified atom stereocenters. The molecule has 1 heterocycles. The molecule has 0 fully saturated rings. The SMILES string of the molecule is CCN(CC)c1cc(OCC(F)(F)F)nc(NC(=N)NC(=O)c2c(Cl)cccc2Cl)n1. The van der Waals surface area contributed by atoms with E-state index in [0.29, 0.717) is 13.1 Å². The van der Waals surface area contributed by atoms with Gasteiger partial charge < -0.3 is 9.64 Å². The predicted molar refractivity (Wildman–Crippen MR) is 112 cm³/mol. The third kappa shape index (κ3) is 7.14. The highest BCUT2D eigenvalue weighted by atomic mass is 35.5. The second-order valence-electron chi connectivity index (χ2n) is 6.01. The van der Waals surface area contributed by atoms with Gasteiger partial charge in [-0.25, -0.2) is 0 Å². The number of amides is 1. The first-order chi connectivity index (χ1) is 14.5. The van der Waals surface area contributed by atoms with E-state index in [0.717, 1.165) is 0 Å². The standard InChI is InChI=1S/C18H19Cl2F3N6O2/c1-3-29(4-2)12-8-13(31-9-18(21,22)23)26-17(25-12)28-16(24)27-15(30)14-10(19)6-5-7-11(14)20/h5-8H,3-4,9H2,1-2H3,(H3,24,25,26,27,28,30). The molecule has 31 heavy (non-hydrogen) atoms. The van der Waals surface area contributed by atoms with Gasteiger partial charge in [0.2, 0.25) is 17.8 Å². The number of alkyl halides is 3. The molecule has 0 spiro atoms. The van der Waals surface area contributed by atoms with Crippen LogP contribution in [0.25, 0.3) is 0 Å². The number of rotatable bonds is 7. The van der Waals surface area contributed by atoms with Crippen LogP contribution >= 0.6 is 23.2 Å². The van der Waals surface area contributed by atoms with E-state index < -0.39 is 24.6 Å². The third-order valence-corrected chi connectivity index (χ3v) is 4.46. The van der Waals surface area contributed by atoms with E-state index in [1.165, 1.54) is 18.2 Å². The van der Waals surface area contributed by atoms with Gasteiger partial charge in [-0.2, -0.15) is 23.1 Å². The van der Waals surface area contributed by atoms with Crippen LogP contribution < -0.4 is 20.3 Å². The number of hydrogen-bond donors (Lipinski definition) is 3. The number of guanidine groups is 1. The van der Waals surface area contributed by atoms with E-state index in [1.807, 2.05) is 13.8 Å². The van der Waals surface area contributed by atoms with Crippen molar-refractivity contribution >= 4 is 46.8 Å². The summed E-state index contributed by atoms with van der Waals surface area (Å²) in [5.74, 6) is -1.60. The van der Waals surface area contributed by atoms with E-state index in [1.54, 1.807) is 11.0 Å². The molecule has 0 saturated carbocycles. The molecule has 0 radical (unpaired) electrons. The minimum Gasteiger partial charge on any atom is -0.468 e. The van der Waals surface area contributed by atoms with Crippen molar-refractivity contribution < 1.29 is 22.7 Å². The second-order valence-corrected chi connectivity index (χ2v) is 6.83. The van der Waals surface area contributed by atoms with Crippen LogP contribution in [-0.4, -0.2) is 47.7 Å². The second kappa shape index (κ2) is 10.5. The molecule has 13 heteroatoms. The molecule has 1 aromatic carbocycles. The zero-order chi connectivity index (χ0) is 23.2. The molecule has 0 aliphatic heterocycles. The van der Waals surface area contributed by atoms with Crippen molar-refractivity contribution in [2.45, 2.75) is 20.0 Å². The molecule has 168 valence electrons. The molecule has 0 bridgehead atoms. The highest BCUT2D eigenvalue weighted by Gasteiger charge is 2.29. The molecule has 1 aromatic heterocycles. The largest absolute Gasteiger partial charge is 0.468 e. The Balaban J connectivity index is 2.22. The number of carbonyl (C=O) groups is 1. The van der Waals surface area contributed by atoms with Gasteiger partial charge in [0.15, 0.2) is 6.61 Å². The number of ether oxygens (including phenoxy) is 1. The van der Waals surface area contributed by atoms with Gasteiger partial charge >= 0.3 is 6.18 Å². The molecule has 0 atom stereocenters. The summed E-state index contributed by atoms with van der Waals surface area (Å²) in [6, 6.07) is 5.73. The number of halogens is 5. The lowest BCUT2D eigenvalue weighted by molar-refractivity contribution is -0.154. The first-order valence-corrected chi connectivity index (χ1v) is 9.74. The molecular weight excluding hydrogens is 460 g/mol. The molecule has 3 N–H and O–H groups in total. The van der Waals surface area contributed by atoms with Crippen molar-refractivity contribution in [1.82, 2.24) is 15.3 Å². The summed E-state index contributed by atoms with van der Waals surface area (Å²) in [6.07, 6.45) is -4.55. The summed E-state index contributed by atoms with van der Waals surface area (Å²) < 4.78 is 42.3. The highest BCUT2D eigenvalue weighted by Crippen LogP contribution is 2.25. The molecule has 2 rings (SSSR count). The van der Waals surface area contributed by atoms with Gasteiger partial charge in [-0.15, -0.1) is 0 Å². The van der Waals surface area contributed by atoms with Gasteiger partial charge in [-0.05, 0) is 26.0 Å². The van der Waals surface area contributed by atoms with Crippen LogP contribution in [0.15, 0.2) is 24.3 Å². The summed E-state index contributed by atoms with van der Waals surface area (Å²) in [7, 11) is 0. The van der Waals surface area contributed by atoms with Gasteiger partial charge in [0, 0.05) is 19.2 Å². The maximum Gasteiger partial charge on any atom is 0.422 e. The normalized spacial score (nSPS) is 11.1. The fourth-order valence-corrected chi connectivity index (χ4v) is 3.01. The zero-order valence-corrected chi connectivity index (χ0v) is 18.0. The van der Waals surface area contributed by atoms with Gasteiger partial charge in [-0.3, -0.25) is 20.8 Å². The topological polar surface area (TPSA) is 103 Å².